The number of fused-ring (bicyclic) bond motifs is 2. The van der Waals surface area contributed by atoms with E-state index in [4.69, 9.17) is 17.7 Å². The first kappa shape index (κ1) is 48.6. The zero-order chi connectivity index (χ0) is 37.5. The van der Waals surface area contributed by atoms with Crippen LogP contribution in [0.2, 0.25) is 72.5 Å². The van der Waals surface area contributed by atoms with E-state index in [1.165, 1.54) is 22.3 Å². The summed E-state index contributed by atoms with van der Waals surface area (Å²) in [6.07, 6.45) is 9.81. The van der Waals surface area contributed by atoms with E-state index in [0.717, 1.165) is 95.5 Å². The van der Waals surface area contributed by atoms with Crippen molar-refractivity contribution in [3.63, 3.8) is 0 Å². The summed E-state index contributed by atoms with van der Waals surface area (Å²) in [5.74, 6) is 4.09. The molecule has 2 atom stereocenters. The maximum atomic E-state index is 7.23. The summed E-state index contributed by atoms with van der Waals surface area (Å²) < 4.78 is 29.8. The van der Waals surface area contributed by atoms with Gasteiger partial charge in [0.25, 0.3) is 0 Å². The van der Waals surface area contributed by atoms with Crippen molar-refractivity contribution in [3.8, 4) is 23.0 Å². The van der Waals surface area contributed by atoms with Crippen molar-refractivity contribution in [2.24, 2.45) is 0 Å². The largest absolute Gasteiger partial charge is 1.00 e. The van der Waals surface area contributed by atoms with Gasteiger partial charge in [-0.3, -0.25) is 0 Å². The number of halogens is 2. The fraction of sp³-hybridized carbons (Fsp3) is 0.619. The SMILES string of the molecule is CC[Si](CC)(CC)Oc1cc2c(cc1O[Si](CC)(CC)CC)[CH]([Hf+2][CH]1C=Cc3cc(O[Si](CC)(CC)CC)c(O[Si](CC)(CC)CC)cc31)C=C2.[Cl-].[Cl-]. The molecule has 0 heterocycles. The predicted octanol–water partition coefficient (Wildman–Crippen LogP) is 8.15. The molecule has 0 amide bonds. The molecule has 0 saturated heterocycles. The first-order valence-electron chi connectivity index (χ1n) is 20.7. The molecule has 0 aliphatic heterocycles. The molecule has 2 aromatic rings. The Morgan fingerprint density at radius 3 is 0.849 bits per heavy atom. The normalized spacial score (nSPS) is 16.3. The van der Waals surface area contributed by atoms with Gasteiger partial charge < -0.3 is 24.8 Å². The van der Waals surface area contributed by atoms with E-state index in [-0.39, 0.29) is 24.8 Å². The maximum absolute atomic E-state index is 7.23. The maximum Gasteiger partial charge on any atom is -1.00 e. The molecule has 2 unspecified atom stereocenters. The second kappa shape index (κ2) is 21.3. The molecule has 0 radical (unpaired) electrons. The zero-order valence-corrected chi connectivity index (χ0v) is 44.3. The molecule has 0 aromatic heterocycles. The van der Waals surface area contributed by atoms with Gasteiger partial charge in [0.05, 0.1) is 0 Å². The van der Waals surface area contributed by atoms with Crippen molar-refractivity contribution in [2.45, 2.75) is 163 Å². The van der Waals surface area contributed by atoms with Crippen molar-refractivity contribution >= 4 is 45.4 Å². The van der Waals surface area contributed by atoms with Gasteiger partial charge in [-0.15, -0.1) is 0 Å². The Labute approximate surface area is 352 Å². The van der Waals surface area contributed by atoms with Crippen molar-refractivity contribution in [3.05, 3.63) is 58.7 Å². The predicted molar refractivity (Wildman–Crippen MR) is 228 cm³/mol. The topological polar surface area (TPSA) is 36.9 Å². The first-order valence-corrected chi connectivity index (χ1v) is 35.0. The van der Waals surface area contributed by atoms with Crippen LogP contribution in [0, 0.1) is 0 Å². The van der Waals surface area contributed by atoms with Crippen LogP contribution in [0.4, 0.5) is 0 Å². The molecule has 53 heavy (non-hydrogen) atoms. The molecular weight excluding hydrogens is 930 g/mol. The van der Waals surface area contributed by atoms with Gasteiger partial charge in [-0.05, 0) is 0 Å². The standard InChI is InChI=1S/2C21H35O2Si2.2ClH.Hf/c2*1-7-24(8-2,9-3)22-20-16-18-14-13-15-19(18)17-21(20)23-25(10-4,11-5)12-6;;;/h2*13-17H,7-12H2,1-6H3;2*1H;/q;;;;+2/p-2. The Kier molecular flexibility index (Phi) is 19.5. The minimum absolute atomic E-state index is 0. The molecular formula is C42H70Cl2HfO4Si4. The summed E-state index contributed by atoms with van der Waals surface area (Å²) >= 11 is -1.31. The molecule has 4 nitrogen and oxygen atoms in total. The van der Waals surface area contributed by atoms with Crippen LogP contribution in [0.3, 0.4) is 0 Å². The van der Waals surface area contributed by atoms with Crippen LogP contribution in [0.1, 0.15) is 113 Å². The van der Waals surface area contributed by atoms with E-state index in [1.54, 1.807) is 0 Å². The smallest absolute Gasteiger partial charge is 1.00 e. The molecule has 296 valence electrons. The van der Waals surface area contributed by atoms with E-state index in [2.05, 4.69) is 132 Å². The van der Waals surface area contributed by atoms with Gasteiger partial charge in [-0.2, -0.15) is 0 Å². The van der Waals surface area contributed by atoms with Gasteiger partial charge in [0.2, 0.25) is 0 Å². The molecule has 0 spiro atoms. The van der Waals surface area contributed by atoms with Crippen LogP contribution < -0.4 is 42.5 Å². The third kappa shape index (κ3) is 10.5. The third-order valence-electron chi connectivity index (χ3n) is 13.3. The summed E-state index contributed by atoms with van der Waals surface area (Å²) in [4.78, 5) is 0. The van der Waals surface area contributed by atoms with Crippen LogP contribution >= 0.6 is 0 Å². The van der Waals surface area contributed by atoms with E-state index in [0.29, 0.717) is 7.35 Å². The van der Waals surface area contributed by atoms with Gasteiger partial charge in [0.1, 0.15) is 0 Å². The number of hydrogen-bond acceptors (Lipinski definition) is 4. The molecule has 0 fully saturated rings. The van der Waals surface area contributed by atoms with Crippen molar-refractivity contribution < 1.29 is 65.4 Å². The molecule has 2 aromatic carbocycles. The third-order valence-corrected chi connectivity index (χ3v) is 37.6. The fourth-order valence-electron chi connectivity index (χ4n) is 8.22. The van der Waals surface area contributed by atoms with Gasteiger partial charge in [0.15, 0.2) is 0 Å². The number of hydrogen-bond donors (Lipinski definition) is 0. The number of allylic oxidation sites excluding steroid dienone is 2. The summed E-state index contributed by atoms with van der Waals surface area (Å²) in [7, 11) is -7.55. The quantitative estimate of drug-likeness (QED) is 0.112. The molecule has 0 saturated carbocycles. The van der Waals surface area contributed by atoms with Crippen LogP contribution in [0.15, 0.2) is 36.4 Å². The summed E-state index contributed by atoms with van der Waals surface area (Å²) in [6, 6.07) is 23.1. The van der Waals surface area contributed by atoms with E-state index in [1.807, 2.05) is 0 Å². The van der Waals surface area contributed by atoms with Crippen molar-refractivity contribution in [1.29, 1.82) is 0 Å². The van der Waals surface area contributed by atoms with Crippen LogP contribution in [0.25, 0.3) is 12.2 Å². The van der Waals surface area contributed by atoms with Gasteiger partial charge >= 0.3 is 331 Å². The first-order chi connectivity index (χ1) is 24.5. The monoisotopic (exact) mass is 1000 g/mol. The van der Waals surface area contributed by atoms with Crippen molar-refractivity contribution in [1.82, 2.24) is 0 Å². The van der Waals surface area contributed by atoms with Gasteiger partial charge in [-0.1, -0.05) is 0 Å². The number of rotatable bonds is 22. The Morgan fingerprint density at radius 1 is 0.396 bits per heavy atom. The van der Waals surface area contributed by atoms with Crippen LogP contribution in [-0.2, 0) is 22.9 Å². The van der Waals surface area contributed by atoms with E-state index >= 15 is 0 Å². The Balaban J connectivity index is 0.00000486. The van der Waals surface area contributed by atoms with Gasteiger partial charge in [0, 0.05) is 0 Å². The number of benzene rings is 2. The molecule has 0 N–H and O–H groups in total. The zero-order valence-electron chi connectivity index (χ0n) is 35.1. The molecule has 11 heteroatoms. The second-order valence-electron chi connectivity index (χ2n) is 15.1. The minimum atomic E-state index is -1.90. The van der Waals surface area contributed by atoms with E-state index in [9.17, 15) is 0 Å². The minimum Gasteiger partial charge on any atom is -1.00 e. The average Bonchev–Trinajstić information content (AvgIpc) is 3.76. The fourth-order valence-corrected chi connectivity index (χ4v) is 24.4. The van der Waals surface area contributed by atoms with Crippen LogP contribution in [0.5, 0.6) is 23.0 Å². The molecule has 2 aliphatic rings. The Hall–Kier alpha value is -0.562. The second-order valence-corrected chi connectivity index (χ2v) is 39.5. The summed E-state index contributed by atoms with van der Waals surface area (Å²) in [5.41, 5.74) is 5.64. The average molecular weight is 1000 g/mol. The Bertz CT molecular complexity index is 1380. The molecule has 4 rings (SSSR count). The Morgan fingerprint density at radius 2 is 0.623 bits per heavy atom. The van der Waals surface area contributed by atoms with Gasteiger partial charge in [-0.25, -0.2) is 0 Å². The van der Waals surface area contributed by atoms with Crippen LogP contribution in [-0.4, -0.2) is 33.3 Å². The molecule has 0 bridgehead atoms. The summed E-state index contributed by atoms with van der Waals surface area (Å²) in [5, 5.41) is 0. The molecule has 2 aliphatic carbocycles. The van der Waals surface area contributed by atoms with E-state index < -0.39 is 56.2 Å². The summed E-state index contributed by atoms with van der Waals surface area (Å²) in [6.45, 7) is 27.9. The van der Waals surface area contributed by atoms with Crippen molar-refractivity contribution in [2.75, 3.05) is 0 Å².